The van der Waals surface area contributed by atoms with Crippen molar-refractivity contribution >= 4 is 23.6 Å². The number of carbonyl (C=O) groups is 1. The van der Waals surface area contributed by atoms with E-state index in [0.717, 1.165) is 24.1 Å². The first kappa shape index (κ1) is 13.8. The Bertz CT molecular complexity index is 644. The highest BCUT2D eigenvalue weighted by molar-refractivity contribution is 6.25. The van der Waals surface area contributed by atoms with Gasteiger partial charge in [-0.1, -0.05) is 30.3 Å². The number of benzene rings is 1. The van der Waals surface area contributed by atoms with Gasteiger partial charge in [0.25, 0.3) is 0 Å². The molecule has 0 aliphatic heterocycles. The fourth-order valence-corrected chi connectivity index (χ4v) is 2.08. The van der Waals surface area contributed by atoms with Gasteiger partial charge in [-0.2, -0.15) is 0 Å². The van der Waals surface area contributed by atoms with Gasteiger partial charge in [0.15, 0.2) is 0 Å². The number of nitrogens with zero attached hydrogens (tertiary/aromatic N) is 2. The SMILES string of the molecule is O=C(Nc1nccc(C2(Cl)CC2)n1)OCc1ccccc1. The Labute approximate surface area is 127 Å². The molecule has 1 saturated carbocycles. The van der Waals surface area contributed by atoms with E-state index in [0.29, 0.717) is 0 Å². The molecule has 1 aliphatic rings. The highest BCUT2D eigenvalue weighted by atomic mass is 35.5. The Morgan fingerprint density at radius 3 is 2.76 bits per heavy atom. The summed E-state index contributed by atoms with van der Waals surface area (Å²) in [5, 5.41) is 2.51. The van der Waals surface area contributed by atoms with Crippen LogP contribution in [0.2, 0.25) is 0 Å². The monoisotopic (exact) mass is 303 g/mol. The smallest absolute Gasteiger partial charge is 0.414 e. The van der Waals surface area contributed by atoms with Gasteiger partial charge in [-0.3, -0.25) is 5.32 Å². The van der Waals surface area contributed by atoms with Gasteiger partial charge >= 0.3 is 6.09 Å². The fraction of sp³-hybridized carbons (Fsp3) is 0.267. The van der Waals surface area contributed by atoms with Gasteiger partial charge in [0.1, 0.15) is 6.61 Å². The van der Waals surface area contributed by atoms with E-state index in [4.69, 9.17) is 16.3 Å². The molecule has 2 aromatic rings. The molecule has 1 aliphatic carbocycles. The fourth-order valence-electron chi connectivity index (χ4n) is 1.88. The molecule has 5 nitrogen and oxygen atoms in total. The average Bonchev–Trinajstić information content (AvgIpc) is 3.26. The minimum atomic E-state index is -0.588. The predicted octanol–water partition coefficient (Wildman–Crippen LogP) is 3.45. The van der Waals surface area contributed by atoms with Crippen molar-refractivity contribution in [3.8, 4) is 0 Å². The summed E-state index contributed by atoms with van der Waals surface area (Å²) in [6.07, 6.45) is 2.78. The molecule has 1 aromatic heterocycles. The third-order valence-electron chi connectivity index (χ3n) is 3.23. The lowest BCUT2D eigenvalue weighted by molar-refractivity contribution is 0.155. The molecule has 3 rings (SSSR count). The second-order valence-corrected chi connectivity index (χ2v) is 5.64. The van der Waals surface area contributed by atoms with E-state index in [2.05, 4.69) is 15.3 Å². The van der Waals surface area contributed by atoms with Crippen molar-refractivity contribution in [2.45, 2.75) is 24.3 Å². The van der Waals surface area contributed by atoms with Crippen molar-refractivity contribution in [3.63, 3.8) is 0 Å². The number of halogens is 1. The van der Waals surface area contributed by atoms with Crippen molar-refractivity contribution in [1.82, 2.24) is 9.97 Å². The van der Waals surface area contributed by atoms with Crippen LogP contribution in [0.5, 0.6) is 0 Å². The van der Waals surface area contributed by atoms with Crippen LogP contribution in [0.25, 0.3) is 0 Å². The molecule has 1 N–H and O–H groups in total. The number of hydrogen-bond acceptors (Lipinski definition) is 4. The quantitative estimate of drug-likeness (QED) is 0.879. The largest absolute Gasteiger partial charge is 0.444 e. The Balaban J connectivity index is 1.57. The van der Waals surface area contributed by atoms with Crippen LogP contribution in [0, 0.1) is 0 Å². The summed E-state index contributed by atoms with van der Waals surface area (Å²) >= 11 is 6.29. The lowest BCUT2D eigenvalue weighted by Crippen LogP contribution is -2.16. The summed E-state index contributed by atoms with van der Waals surface area (Å²) < 4.78 is 5.11. The van der Waals surface area contributed by atoms with Crippen LogP contribution in [-0.4, -0.2) is 16.1 Å². The van der Waals surface area contributed by atoms with Crippen molar-refractivity contribution < 1.29 is 9.53 Å². The maximum Gasteiger partial charge on any atom is 0.414 e. The van der Waals surface area contributed by atoms with E-state index in [1.165, 1.54) is 0 Å². The molecule has 1 amide bonds. The molecule has 21 heavy (non-hydrogen) atoms. The Kier molecular flexibility index (Phi) is 3.75. The molecule has 0 saturated heterocycles. The normalized spacial score (nSPS) is 15.3. The molecule has 1 aromatic carbocycles. The Morgan fingerprint density at radius 1 is 1.29 bits per heavy atom. The van der Waals surface area contributed by atoms with Gasteiger partial charge in [-0.15, -0.1) is 11.6 Å². The molecule has 0 atom stereocenters. The second kappa shape index (κ2) is 5.69. The highest BCUT2D eigenvalue weighted by Crippen LogP contribution is 2.51. The number of nitrogens with one attached hydrogen (secondary N) is 1. The van der Waals surface area contributed by atoms with Crippen LogP contribution >= 0.6 is 11.6 Å². The van der Waals surface area contributed by atoms with E-state index in [1.54, 1.807) is 12.3 Å². The van der Waals surface area contributed by atoms with Crippen LogP contribution in [0.15, 0.2) is 42.6 Å². The first-order chi connectivity index (χ1) is 10.2. The van der Waals surface area contributed by atoms with E-state index in [-0.39, 0.29) is 17.4 Å². The second-order valence-electron chi connectivity index (χ2n) is 4.92. The van der Waals surface area contributed by atoms with Gasteiger partial charge in [-0.05, 0) is 24.5 Å². The topological polar surface area (TPSA) is 64.1 Å². The Morgan fingerprint density at radius 2 is 2.05 bits per heavy atom. The molecule has 1 heterocycles. The van der Waals surface area contributed by atoms with Crippen LogP contribution in [0.4, 0.5) is 10.7 Å². The van der Waals surface area contributed by atoms with Crippen molar-refractivity contribution in [2.75, 3.05) is 5.32 Å². The van der Waals surface area contributed by atoms with Gasteiger partial charge in [0, 0.05) is 6.20 Å². The third-order valence-corrected chi connectivity index (χ3v) is 3.80. The van der Waals surface area contributed by atoms with Gasteiger partial charge in [0.2, 0.25) is 5.95 Å². The first-order valence-corrected chi connectivity index (χ1v) is 7.04. The van der Waals surface area contributed by atoms with Crippen molar-refractivity contribution in [2.24, 2.45) is 0 Å². The molecule has 0 spiro atoms. The number of ether oxygens (including phenoxy) is 1. The van der Waals surface area contributed by atoms with Crippen LogP contribution in [0.1, 0.15) is 24.1 Å². The van der Waals surface area contributed by atoms with Crippen molar-refractivity contribution in [3.05, 3.63) is 53.9 Å². The molecular formula is C15H14ClN3O2. The number of alkyl halides is 1. The molecule has 0 unspecified atom stereocenters. The minimum absolute atomic E-state index is 0.200. The summed E-state index contributed by atoms with van der Waals surface area (Å²) in [4.78, 5) is 19.6. The van der Waals surface area contributed by atoms with E-state index in [9.17, 15) is 4.79 Å². The molecule has 0 radical (unpaired) electrons. The minimum Gasteiger partial charge on any atom is -0.444 e. The zero-order valence-corrected chi connectivity index (χ0v) is 12.0. The zero-order chi connectivity index (χ0) is 14.7. The van der Waals surface area contributed by atoms with Crippen LogP contribution in [0.3, 0.4) is 0 Å². The maximum atomic E-state index is 11.7. The number of rotatable bonds is 4. The number of amides is 1. The average molecular weight is 304 g/mol. The van der Waals surface area contributed by atoms with Gasteiger partial charge in [0.05, 0.1) is 10.6 Å². The molecular weight excluding hydrogens is 290 g/mol. The summed E-state index contributed by atoms with van der Waals surface area (Å²) in [6, 6.07) is 11.2. The lowest BCUT2D eigenvalue weighted by atomic mass is 10.2. The molecule has 6 heteroatoms. The molecule has 0 bridgehead atoms. The van der Waals surface area contributed by atoms with Crippen molar-refractivity contribution in [1.29, 1.82) is 0 Å². The highest BCUT2D eigenvalue weighted by Gasteiger charge is 2.43. The van der Waals surface area contributed by atoms with Gasteiger partial charge in [-0.25, -0.2) is 14.8 Å². The van der Waals surface area contributed by atoms with E-state index < -0.39 is 6.09 Å². The standard InChI is InChI=1S/C15H14ClN3O2/c16-15(7-8-15)12-6-9-17-13(18-12)19-14(20)21-10-11-4-2-1-3-5-11/h1-6,9H,7-8,10H2,(H,17,18,19,20). The summed E-state index contributed by atoms with van der Waals surface area (Å²) in [6.45, 7) is 0.200. The third kappa shape index (κ3) is 3.49. The molecule has 108 valence electrons. The number of hydrogen-bond donors (Lipinski definition) is 1. The maximum absolute atomic E-state index is 11.7. The van der Waals surface area contributed by atoms with Crippen LogP contribution < -0.4 is 5.32 Å². The van der Waals surface area contributed by atoms with Crippen LogP contribution in [-0.2, 0) is 16.2 Å². The Hall–Kier alpha value is -2.14. The first-order valence-electron chi connectivity index (χ1n) is 6.66. The summed E-state index contributed by atoms with van der Waals surface area (Å²) in [5.74, 6) is 0.206. The molecule has 1 fully saturated rings. The predicted molar refractivity (Wildman–Crippen MR) is 79.0 cm³/mol. The van der Waals surface area contributed by atoms with E-state index in [1.807, 2.05) is 30.3 Å². The number of aromatic nitrogens is 2. The number of carbonyl (C=O) groups excluding carboxylic acids is 1. The summed E-state index contributed by atoms with van der Waals surface area (Å²) in [5.41, 5.74) is 1.65. The summed E-state index contributed by atoms with van der Waals surface area (Å²) in [7, 11) is 0. The number of anilines is 1. The van der Waals surface area contributed by atoms with E-state index >= 15 is 0 Å². The zero-order valence-electron chi connectivity index (χ0n) is 11.3. The lowest BCUT2D eigenvalue weighted by Gasteiger charge is -2.08. The van der Waals surface area contributed by atoms with Gasteiger partial charge < -0.3 is 4.74 Å².